The molecule has 2 heterocycles. The van der Waals surface area contributed by atoms with Crippen molar-refractivity contribution in [1.82, 2.24) is 9.38 Å². The lowest BCUT2D eigenvalue weighted by Gasteiger charge is -2.08. The molecule has 0 N–H and O–H groups in total. The summed E-state index contributed by atoms with van der Waals surface area (Å²) in [6.45, 7) is 0. The van der Waals surface area contributed by atoms with Crippen molar-refractivity contribution in [2.45, 2.75) is 0 Å². The second-order valence-corrected chi connectivity index (χ2v) is 4.14. The first-order valence-corrected chi connectivity index (χ1v) is 5.90. The van der Waals surface area contributed by atoms with E-state index in [0.717, 1.165) is 16.9 Å². The number of carbonyl (C=O) groups excluding carboxylic acids is 1. The highest BCUT2D eigenvalue weighted by Gasteiger charge is 2.12. The van der Waals surface area contributed by atoms with E-state index in [2.05, 4.69) is 4.98 Å². The van der Waals surface area contributed by atoms with Crippen LogP contribution >= 0.6 is 0 Å². The normalized spacial score (nSPS) is 10.6. The molecule has 0 saturated heterocycles. The zero-order valence-electron chi connectivity index (χ0n) is 10.4. The molecule has 0 atom stereocenters. The predicted molar refractivity (Wildman–Crippen MR) is 72.0 cm³/mol. The van der Waals surface area contributed by atoms with E-state index in [1.54, 1.807) is 12.3 Å². The number of nitrogens with zero attached hydrogens (tertiary/aromatic N) is 2. The maximum Gasteiger partial charge on any atom is 0.338 e. The Kier molecular flexibility index (Phi) is 2.76. The van der Waals surface area contributed by atoms with Crippen LogP contribution in [0, 0.1) is 0 Å². The molecule has 1 aromatic carbocycles. The summed E-state index contributed by atoms with van der Waals surface area (Å²) < 4.78 is 6.72. The Morgan fingerprint density at radius 3 is 2.74 bits per heavy atom. The van der Waals surface area contributed by atoms with E-state index in [0.29, 0.717) is 5.56 Å². The maximum atomic E-state index is 11.7. The third-order valence-electron chi connectivity index (χ3n) is 3.00. The van der Waals surface area contributed by atoms with Gasteiger partial charge in [0, 0.05) is 12.4 Å². The van der Waals surface area contributed by atoms with E-state index in [9.17, 15) is 4.79 Å². The summed E-state index contributed by atoms with van der Waals surface area (Å²) in [7, 11) is 1.38. The Morgan fingerprint density at radius 2 is 2.00 bits per heavy atom. The van der Waals surface area contributed by atoms with Gasteiger partial charge in [0.25, 0.3) is 0 Å². The number of carbonyl (C=O) groups is 1. The molecule has 4 nitrogen and oxygen atoms in total. The first kappa shape index (κ1) is 11.5. The van der Waals surface area contributed by atoms with E-state index >= 15 is 0 Å². The number of aromatic nitrogens is 2. The highest BCUT2D eigenvalue weighted by molar-refractivity contribution is 5.92. The van der Waals surface area contributed by atoms with Gasteiger partial charge in [0.2, 0.25) is 0 Å². The first-order valence-electron chi connectivity index (χ1n) is 5.90. The first-order chi connectivity index (χ1) is 9.29. The molecule has 3 rings (SSSR count). The van der Waals surface area contributed by atoms with Crippen molar-refractivity contribution in [3.63, 3.8) is 0 Å². The maximum absolute atomic E-state index is 11.7. The van der Waals surface area contributed by atoms with Crippen molar-refractivity contribution in [3.8, 4) is 11.3 Å². The lowest BCUT2D eigenvalue weighted by molar-refractivity contribution is 0.0601. The van der Waals surface area contributed by atoms with Crippen LogP contribution in [0.5, 0.6) is 0 Å². The molecule has 0 aliphatic heterocycles. The number of hydrogen-bond donors (Lipinski definition) is 0. The fourth-order valence-corrected chi connectivity index (χ4v) is 2.09. The molecule has 0 fully saturated rings. The van der Waals surface area contributed by atoms with E-state index in [-0.39, 0.29) is 5.97 Å². The van der Waals surface area contributed by atoms with Crippen molar-refractivity contribution in [3.05, 3.63) is 60.4 Å². The lowest BCUT2D eigenvalue weighted by Crippen LogP contribution is -2.03. The molecule has 0 unspecified atom stereocenters. The van der Waals surface area contributed by atoms with Crippen LogP contribution in [-0.4, -0.2) is 22.5 Å². The van der Waals surface area contributed by atoms with Crippen LogP contribution in [0.4, 0.5) is 0 Å². The van der Waals surface area contributed by atoms with Crippen LogP contribution in [0.15, 0.2) is 54.9 Å². The Hall–Kier alpha value is -2.62. The minimum atomic E-state index is -0.359. The van der Waals surface area contributed by atoms with Gasteiger partial charge in [-0.1, -0.05) is 30.3 Å². The van der Waals surface area contributed by atoms with Crippen LogP contribution < -0.4 is 0 Å². The zero-order valence-corrected chi connectivity index (χ0v) is 10.4. The SMILES string of the molecule is COC(=O)c1cc(-c2ccccc2)n2ccnc2c1. The minimum Gasteiger partial charge on any atom is -0.465 e. The molecule has 94 valence electrons. The molecule has 2 aromatic heterocycles. The van der Waals surface area contributed by atoms with E-state index in [1.807, 2.05) is 47.0 Å². The second-order valence-electron chi connectivity index (χ2n) is 4.14. The van der Waals surface area contributed by atoms with Crippen LogP contribution in [0.3, 0.4) is 0 Å². The van der Waals surface area contributed by atoms with Gasteiger partial charge in [-0.15, -0.1) is 0 Å². The lowest BCUT2D eigenvalue weighted by atomic mass is 10.1. The Balaban J connectivity index is 2.27. The number of esters is 1. The summed E-state index contributed by atoms with van der Waals surface area (Å²) in [4.78, 5) is 15.9. The van der Waals surface area contributed by atoms with Crippen molar-refractivity contribution in [2.75, 3.05) is 7.11 Å². The zero-order chi connectivity index (χ0) is 13.2. The molecule has 0 aliphatic rings. The summed E-state index contributed by atoms with van der Waals surface area (Å²) in [6, 6.07) is 13.4. The van der Waals surface area contributed by atoms with Gasteiger partial charge in [-0.05, 0) is 17.7 Å². The number of fused-ring (bicyclic) bond motifs is 1. The number of ether oxygens (including phenoxy) is 1. The molecule has 4 heteroatoms. The van der Waals surface area contributed by atoms with Gasteiger partial charge in [-0.3, -0.25) is 4.40 Å². The smallest absolute Gasteiger partial charge is 0.338 e. The summed E-state index contributed by atoms with van der Waals surface area (Å²) in [5, 5.41) is 0. The molecule has 0 aliphatic carbocycles. The van der Waals surface area contributed by atoms with Crippen LogP contribution in [0.1, 0.15) is 10.4 Å². The van der Waals surface area contributed by atoms with Crippen LogP contribution in [0.2, 0.25) is 0 Å². The van der Waals surface area contributed by atoms with Gasteiger partial charge < -0.3 is 4.74 Å². The Labute approximate surface area is 110 Å². The predicted octanol–water partition coefficient (Wildman–Crippen LogP) is 2.79. The summed E-state index contributed by atoms with van der Waals surface area (Å²) in [5.74, 6) is -0.359. The highest BCUT2D eigenvalue weighted by atomic mass is 16.5. The van der Waals surface area contributed by atoms with Gasteiger partial charge in [0.1, 0.15) is 5.65 Å². The fourth-order valence-electron chi connectivity index (χ4n) is 2.09. The third-order valence-corrected chi connectivity index (χ3v) is 3.00. The highest BCUT2D eigenvalue weighted by Crippen LogP contribution is 2.22. The van der Waals surface area contributed by atoms with Gasteiger partial charge in [0.05, 0.1) is 18.4 Å². The molecule has 0 bridgehead atoms. The van der Waals surface area contributed by atoms with Gasteiger partial charge >= 0.3 is 5.97 Å². The van der Waals surface area contributed by atoms with Crippen molar-refractivity contribution >= 4 is 11.6 Å². The van der Waals surface area contributed by atoms with Crippen LogP contribution in [0.25, 0.3) is 16.9 Å². The van der Waals surface area contributed by atoms with Gasteiger partial charge in [-0.2, -0.15) is 0 Å². The van der Waals surface area contributed by atoms with Crippen molar-refractivity contribution < 1.29 is 9.53 Å². The molecule has 3 aromatic rings. The van der Waals surface area contributed by atoms with E-state index in [1.165, 1.54) is 7.11 Å². The monoisotopic (exact) mass is 252 g/mol. The average molecular weight is 252 g/mol. The summed E-state index contributed by atoms with van der Waals surface area (Å²) in [6.07, 6.45) is 3.58. The molecular weight excluding hydrogens is 240 g/mol. The Morgan fingerprint density at radius 1 is 1.21 bits per heavy atom. The number of hydrogen-bond acceptors (Lipinski definition) is 3. The second kappa shape index (κ2) is 4.57. The Bertz CT molecular complexity index is 732. The van der Waals surface area contributed by atoms with Gasteiger partial charge in [0.15, 0.2) is 0 Å². The van der Waals surface area contributed by atoms with Crippen molar-refractivity contribution in [2.24, 2.45) is 0 Å². The largest absolute Gasteiger partial charge is 0.465 e. The number of rotatable bonds is 2. The van der Waals surface area contributed by atoms with E-state index < -0.39 is 0 Å². The number of benzene rings is 1. The summed E-state index contributed by atoms with van der Waals surface area (Å²) in [5.41, 5.74) is 3.16. The van der Waals surface area contributed by atoms with Crippen molar-refractivity contribution in [1.29, 1.82) is 0 Å². The topological polar surface area (TPSA) is 43.6 Å². The molecule has 19 heavy (non-hydrogen) atoms. The molecule has 0 saturated carbocycles. The standard InChI is InChI=1S/C15H12N2O2/c1-19-15(18)12-9-13(11-5-3-2-4-6-11)17-8-7-16-14(17)10-12/h2-10H,1H3. The fraction of sp³-hybridized carbons (Fsp3) is 0.0667. The van der Waals surface area contributed by atoms with Crippen LogP contribution in [-0.2, 0) is 4.74 Å². The molecule has 0 radical (unpaired) electrons. The number of pyridine rings is 1. The van der Waals surface area contributed by atoms with E-state index in [4.69, 9.17) is 4.74 Å². The summed E-state index contributed by atoms with van der Waals surface area (Å²) >= 11 is 0. The third kappa shape index (κ3) is 1.97. The quantitative estimate of drug-likeness (QED) is 0.659. The number of imidazole rings is 1. The molecule has 0 spiro atoms. The van der Waals surface area contributed by atoms with Gasteiger partial charge in [-0.25, -0.2) is 9.78 Å². The molecular formula is C15H12N2O2. The molecule has 0 amide bonds. The minimum absolute atomic E-state index is 0.359. The average Bonchev–Trinajstić information content (AvgIpc) is 2.94. The number of methoxy groups -OCH3 is 1.